The number of carbonyl (C=O) groups excluding carboxylic acids is 1. The first-order valence-corrected chi connectivity index (χ1v) is 13.5. The summed E-state index contributed by atoms with van der Waals surface area (Å²) in [4.78, 5) is 16.9. The van der Waals surface area contributed by atoms with E-state index in [9.17, 15) is 4.79 Å². The van der Waals surface area contributed by atoms with E-state index in [4.69, 9.17) is 14.9 Å². The molecule has 37 heavy (non-hydrogen) atoms. The maximum atomic E-state index is 13.7. The number of rotatable bonds is 6. The molecule has 7 nitrogen and oxygen atoms in total. The summed E-state index contributed by atoms with van der Waals surface area (Å²) in [6, 6.07) is 22.4. The van der Waals surface area contributed by atoms with Crippen LogP contribution >= 0.6 is 11.3 Å². The predicted molar refractivity (Wildman–Crippen MR) is 146 cm³/mol. The van der Waals surface area contributed by atoms with Crippen LogP contribution < -0.4 is 0 Å². The highest BCUT2D eigenvalue weighted by Crippen LogP contribution is 2.39. The van der Waals surface area contributed by atoms with E-state index in [1.807, 2.05) is 41.1 Å². The van der Waals surface area contributed by atoms with Crippen molar-refractivity contribution < 1.29 is 9.53 Å². The smallest absolute Gasteiger partial charge is 0.257 e. The lowest BCUT2D eigenvalue weighted by Crippen LogP contribution is -2.43. The lowest BCUT2D eigenvalue weighted by molar-refractivity contribution is -0.135. The zero-order valence-electron chi connectivity index (χ0n) is 20.8. The Hall–Kier alpha value is -3.59. The lowest BCUT2D eigenvalue weighted by Gasteiger charge is -2.29. The standard InChI is InChI=1S/C29H29N5O2S/c1-21-9-11-22(12-10-21)29-24(19-33(31-29)23-6-3-2-4-7-23)26-18-25(27-8-5-17-37-27)30-34(26)28(35)20-32-13-15-36-16-14-32/h2-12,17,19,26H,13-16,18,20H2,1H3/t26-/m1/s1. The average Bonchev–Trinajstić information content (AvgIpc) is 3.70. The Bertz CT molecular complexity index is 1390. The molecule has 2 aliphatic heterocycles. The Morgan fingerprint density at radius 1 is 1.03 bits per heavy atom. The first-order chi connectivity index (χ1) is 18.2. The number of nitrogens with zero attached hydrogens (tertiary/aromatic N) is 5. The fourth-order valence-electron chi connectivity index (χ4n) is 4.88. The third kappa shape index (κ3) is 5.00. The number of benzene rings is 2. The summed E-state index contributed by atoms with van der Waals surface area (Å²) in [5.74, 6) is 0.000716. The molecule has 2 aromatic carbocycles. The molecule has 8 heteroatoms. The molecule has 1 fully saturated rings. The molecule has 1 amide bonds. The lowest BCUT2D eigenvalue weighted by atomic mass is 9.98. The molecule has 0 bridgehead atoms. The van der Waals surface area contributed by atoms with Crippen LogP contribution in [0.1, 0.15) is 28.5 Å². The Balaban J connectivity index is 1.41. The molecular formula is C29H29N5O2S. The van der Waals surface area contributed by atoms with Gasteiger partial charge in [-0.2, -0.15) is 10.2 Å². The van der Waals surface area contributed by atoms with Crippen molar-refractivity contribution in [1.29, 1.82) is 0 Å². The fourth-order valence-corrected chi connectivity index (χ4v) is 5.60. The molecule has 0 saturated carbocycles. The van der Waals surface area contributed by atoms with Gasteiger partial charge in [0.25, 0.3) is 5.91 Å². The molecule has 4 aromatic rings. The molecule has 6 rings (SSSR count). The molecule has 0 radical (unpaired) electrons. The predicted octanol–water partition coefficient (Wildman–Crippen LogP) is 4.92. The second kappa shape index (κ2) is 10.4. The normalized spacial score (nSPS) is 18.2. The fraction of sp³-hybridized carbons (Fsp3) is 0.276. The van der Waals surface area contributed by atoms with Gasteiger partial charge in [-0.25, -0.2) is 9.69 Å². The summed E-state index contributed by atoms with van der Waals surface area (Å²) in [5, 5.41) is 13.7. The summed E-state index contributed by atoms with van der Waals surface area (Å²) in [7, 11) is 0. The third-order valence-corrected chi connectivity index (χ3v) is 7.80. The van der Waals surface area contributed by atoms with E-state index in [1.54, 1.807) is 16.3 Å². The SMILES string of the molecule is Cc1ccc(-c2nn(-c3ccccc3)cc2[C@H]2CC(c3cccs3)=NN2C(=O)CN2CCOCC2)cc1. The van der Waals surface area contributed by atoms with Gasteiger partial charge in [0.1, 0.15) is 0 Å². The highest BCUT2D eigenvalue weighted by molar-refractivity contribution is 7.12. The van der Waals surface area contributed by atoms with Gasteiger partial charge in [-0.3, -0.25) is 9.69 Å². The van der Waals surface area contributed by atoms with Crippen molar-refractivity contribution in [3.8, 4) is 16.9 Å². The molecule has 1 saturated heterocycles. The van der Waals surface area contributed by atoms with Crippen LogP contribution in [0.3, 0.4) is 0 Å². The van der Waals surface area contributed by atoms with E-state index >= 15 is 0 Å². The number of carbonyl (C=O) groups is 1. The van der Waals surface area contributed by atoms with Crippen molar-refractivity contribution in [2.24, 2.45) is 5.10 Å². The van der Waals surface area contributed by atoms with Gasteiger partial charge >= 0.3 is 0 Å². The number of hydrogen-bond acceptors (Lipinski definition) is 6. The Morgan fingerprint density at radius 3 is 2.54 bits per heavy atom. The topological polar surface area (TPSA) is 63.0 Å². The van der Waals surface area contributed by atoms with Crippen LogP contribution in [0.25, 0.3) is 16.9 Å². The van der Waals surface area contributed by atoms with Crippen molar-refractivity contribution in [3.63, 3.8) is 0 Å². The van der Waals surface area contributed by atoms with Gasteiger partial charge in [0.15, 0.2) is 0 Å². The second-order valence-electron chi connectivity index (χ2n) is 9.45. The van der Waals surface area contributed by atoms with Crippen LogP contribution in [-0.4, -0.2) is 64.2 Å². The van der Waals surface area contributed by atoms with Crippen LogP contribution in [0, 0.1) is 6.92 Å². The van der Waals surface area contributed by atoms with Crippen molar-refractivity contribution >= 4 is 23.0 Å². The molecule has 0 N–H and O–H groups in total. The molecule has 188 valence electrons. The number of hydrazone groups is 1. The maximum Gasteiger partial charge on any atom is 0.257 e. The van der Waals surface area contributed by atoms with Gasteiger partial charge < -0.3 is 4.74 Å². The molecule has 2 aromatic heterocycles. The van der Waals surface area contributed by atoms with E-state index in [0.717, 1.165) is 46.2 Å². The third-order valence-electron chi connectivity index (χ3n) is 6.88. The molecular weight excluding hydrogens is 482 g/mol. The van der Waals surface area contributed by atoms with E-state index in [0.29, 0.717) is 26.2 Å². The second-order valence-corrected chi connectivity index (χ2v) is 10.4. The Morgan fingerprint density at radius 2 is 1.81 bits per heavy atom. The maximum absolute atomic E-state index is 13.7. The quantitative estimate of drug-likeness (QED) is 0.369. The number of thiophene rings is 1. The highest BCUT2D eigenvalue weighted by Gasteiger charge is 2.37. The number of hydrogen-bond donors (Lipinski definition) is 0. The summed E-state index contributed by atoms with van der Waals surface area (Å²) in [6.07, 6.45) is 2.71. The molecule has 0 spiro atoms. The highest BCUT2D eigenvalue weighted by atomic mass is 32.1. The summed E-state index contributed by atoms with van der Waals surface area (Å²) < 4.78 is 7.39. The van der Waals surface area contributed by atoms with Gasteiger partial charge in [0.05, 0.1) is 47.8 Å². The van der Waals surface area contributed by atoms with Gasteiger partial charge in [-0.15, -0.1) is 11.3 Å². The summed E-state index contributed by atoms with van der Waals surface area (Å²) in [5.41, 5.74) is 6.02. The van der Waals surface area contributed by atoms with E-state index in [1.165, 1.54) is 5.56 Å². The van der Waals surface area contributed by atoms with Crippen molar-refractivity contribution in [3.05, 3.63) is 94.3 Å². The average molecular weight is 512 g/mol. The number of morpholine rings is 1. The zero-order valence-corrected chi connectivity index (χ0v) is 21.6. The minimum absolute atomic E-state index is 0.000716. The van der Waals surface area contributed by atoms with Crippen molar-refractivity contribution in [2.75, 3.05) is 32.8 Å². The Labute approximate surface area is 220 Å². The molecule has 4 heterocycles. The van der Waals surface area contributed by atoms with Crippen LogP contribution in [-0.2, 0) is 9.53 Å². The molecule has 1 atom stereocenters. The minimum Gasteiger partial charge on any atom is -0.379 e. The van der Waals surface area contributed by atoms with E-state index in [2.05, 4.69) is 53.7 Å². The largest absolute Gasteiger partial charge is 0.379 e. The first kappa shape index (κ1) is 23.8. The minimum atomic E-state index is -0.237. The monoisotopic (exact) mass is 511 g/mol. The molecule has 2 aliphatic rings. The Kier molecular flexibility index (Phi) is 6.70. The number of amides is 1. The van der Waals surface area contributed by atoms with Gasteiger partial charge in [-0.05, 0) is 30.5 Å². The van der Waals surface area contributed by atoms with Gasteiger partial charge in [0.2, 0.25) is 0 Å². The van der Waals surface area contributed by atoms with Gasteiger partial charge in [-0.1, -0.05) is 54.1 Å². The van der Waals surface area contributed by atoms with E-state index < -0.39 is 0 Å². The molecule has 0 aliphatic carbocycles. The van der Waals surface area contributed by atoms with Crippen molar-refractivity contribution in [2.45, 2.75) is 19.4 Å². The number of ether oxygens (including phenoxy) is 1. The summed E-state index contributed by atoms with van der Waals surface area (Å²) >= 11 is 1.65. The van der Waals surface area contributed by atoms with Crippen LogP contribution in [0.5, 0.6) is 0 Å². The zero-order chi connectivity index (χ0) is 25.2. The number of aryl methyl sites for hydroxylation is 1. The number of para-hydroxylation sites is 1. The molecule has 0 unspecified atom stereocenters. The van der Waals surface area contributed by atoms with Crippen molar-refractivity contribution in [1.82, 2.24) is 19.7 Å². The summed E-state index contributed by atoms with van der Waals surface area (Å²) in [6.45, 7) is 5.23. The van der Waals surface area contributed by atoms with E-state index in [-0.39, 0.29) is 11.9 Å². The number of aromatic nitrogens is 2. The first-order valence-electron chi connectivity index (χ1n) is 12.6. The van der Waals surface area contributed by atoms with Crippen LogP contribution in [0.4, 0.5) is 0 Å². The van der Waals surface area contributed by atoms with Gasteiger partial charge in [0, 0.05) is 36.8 Å². The van der Waals surface area contributed by atoms with Crippen LogP contribution in [0.2, 0.25) is 0 Å². The van der Waals surface area contributed by atoms with Crippen LogP contribution in [0.15, 0.2) is 83.4 Å².